The van der Waals surface area contributed by atoms with Gasteiger partial charge in [0.05, 0.1) is 6.54 Å². The van der Waals surface area contributed by atoms with Gasteiger partial charge in [-0.05, 0) is 41.8 Å². The van der Waals surface area contributed by atoms with Crippen molar-refractivity contribution in [3.05, 3.63) is 63.9 Å². The summed E-state index contributed by atoms with van der Waals surface area (Å²) in [5, 5.41) is 4.63. The van der Waals surface area contributed by atoms with E-state index in [9.17, 15) is 9.59 Å². The largest absolute Gasteiger partial charge is 0.366 e. The number of rotatable bonds is 4. The second-order valence-electron chi connectivity index (χ2n) is 4.31. The molecule has 0 atom stereocenters. The van der Waals surface area contributed by atoms with Crippen molar-refractivity contribution < 1.29 is 9.59 Å². The quantitative estimate of drug-likeness (QED) is 0.670. The second kappa shape index (κ2) is 7.81. The molecule has 0 aliphatic heterocycles. The summed E-state index contributed by atoms with van der Waals surface area (Å²) in [6.45, 7) is 0.255. The summed E-state index contributed by atoms with van der Waals surface area (Å²) >= 11 is 1.57. The Hall–Kier alpha value is -2.84. The molecule has 2 amide bonds. The molecule has 22 heavy (non-hydrogen) atoms. The molecule has 0 unspecified atom stereocenters. The van der Waals surface area contributed by atoms with Gasteiger partial charge in [0.2, 0.25) is 11.8 Å². The molecule has 0 radical (unpaired) electrons. The summed E-state index contributed by atoms with van der Waals surface area (Å²) < 4.78 is 0. The lowest BCUT2D eigenvalue weighted by Crippen LogP contribution is -2.20. The molecule has 0 saturated heterocycles. The number of hydrogen-bond donors (Lipinski definition) is 2. The van der Waals surface area contributed by atoms with Gasteiger partial charge in [-0.3, -0.25) is 9.59 Å². The van der Waals surface area contributed by atoms with Crippen molar-refractivity contribution >= 4 is 29.2 Å². The van der Waals surface area contributed by atoms with E-state index in [2.05, 4.69) is 17.2 Å². The Morgan fingerprint density at radius 3 is 2.64 bits per heavy atom. The Bertz CT molecular complexity index is 735. The Morgan fingerprint density at radius 1 is 1.23 bits per heavy atom. The minimum Gasteiger partial charge on any atom is -0.366 e. The van der Waals surface area contributed by atoms with Crippen LogP contribution in [0, 0.1) is 11.8 Å². The zero-order valence-corrected chi connectivity index (χ0v) is 12.5. The number of amides is 2. The van der Waals surface area contributed by atoms with Crippen LogP contribution in [0.15, 0.2) is 47.9 Å². The number of thiophene rings is 1. The first-order valence-electron chi connectivity index (χ1n) is 6.53. The molecule has 0 aliphatic rings. The molecule has 110 valence electrons. The third-order valence-electron chi connectivity index (χ3n) is 2.70. The molecule has 0 bridgehead atoms. The van der Waals surface area contributed by atoms with Gasteiger partial charge in [-0.2, -0.15) is 0 Å². The van der Waals surface area contributed by atoms with Crippen molar-refractivity contribution in [2.45, 2.75) is 0 Å². The fourth-order valence-corrected chi connectivity index (χ4v) is 2.22. The van der Waals surface area contributed by atoms with Gasteiger partial charge in [0.25, 0.3) is 0 Å². The van der Waals surface area contributed by atoms with E-state index in [4.69, 9.17) is 5.73 Å². The van der Waals surface area contributed by atoms with Crippen LogP contribution in [-0.4, -0.2) is 18.4 Å². The maximum Gasteiger partial charge on any atom is 0.248 e. The molecule has 0 fully saturated rings. The first-order valence-corrected chi connectivity index (χ1v) is 7.41. The number of hydrogen-bond acceptors (Lipinski definition) is 3. The highest BCUT2D eigenvalue weighted by Gasteiger charge is 1.97. The molecule has 3 N–H and O–H groups in total. The Kier molecular flexibility index (Phi) is 5.52. The third kappa shape index (κ3) is 4.93. The number of benzene rings is 1. The molecule has 2 aromatic rings. The van der Waals surface area contributed by atoms with E-state index in [1.54, 1.807) is 41.7 Å². The molecule has 0 saturated carbocycles. The van der Waals surface area contributed by atoms with Crippen molar-refractivity contribution in [2.24, 2.45) is 5.73 Å². The van der Waals surface area contributed by atoms with Crippen molar-refractivity contribution in [1.82, 2.24) is 5.32 Å². The molecule has 1 aromatic heterocycles. The summed E-state index contributed by atoms with van der Waals surface area (Å²) in [6, 6.07) is 10.5. The normalized spacial score (nSPS) is 10.0. The molecule has 2 rings (SSSR count). The average Bonchev–Trinajstić information content (AvgIpc) is 3.03. The topological polar surface area (TPSA) is 72.2 Å². The van der Waals surface area contributed by atoms with Crippen LogP contribution in [0.5, 0.6) is 0 Å². The van der Waals surface area contributed by atoms with Crippen LogP contribution < -0.4 is 11.1 Å². The molecule has 1 heterocycles. The molecule has 1 aromatic carbocycles. The second-order valence-corrected chi connectivity index (χ2v) is 5.29. The minimum absolute atomic E-state index is 0.188. The highest BCUT2D eigenvalue weighted by Crippen LogP contribution is 2.09. The number of carbonyl (C=O) groups is 2. The number of nitrogens with one attached hydrogen (secondary N) is 1. The lowest BCUT2D eigenvalue weighted by molar-refractivity contribution is -0.116. The highest BCUT2D eigenvalue weighted by molar-refractivity contribution is 7.10. The molecule has 4 nitrogen and oxygen atoms in total. The lowest BCUT2D eigenvalue weighted by atomic mass is 10.1. The van der Waals surface area contributed by atoms with E-state index in [0.717, 1.165) is 10.4 Å². The smallest absolute Gasteiger partial charge is 0.248 e. The molecular formula is C17H14N2O2S. The van der Waals surface area contributed by atoms with E-state index in [1.165, 1.54) is 6.08 Å². The highest BCUT2D eigenvalue weighted by atomic mass is 32.1. The maximum absolute atomic E-state index is 11.6. The maximum atomic E-state index is 11.6. The Balaban J connectivity index is 1.81. The third-order valence-corrected chi connectivity index (χ3v) is 3.53. The van der Waals surface area contributed by atoms with E-state index in [-0.39, 0.29) is 12.5 Å². The van der Waals surface area contributed by atoms with E-state index in [0.29, 0.717) is 5.56 Å². The van der Waals surface area contributed by atoms with Crippen LogP contribution in [0.1, 0.15) is 20.8 Å². The minimum atomic E-state index is -0.468. The summed E-state index contributed by atoms with van der Waals surface area (Å²) in [4.78, 5) is 23.5. The monoisotopic (exact) mass is 310 g/mol. The van der Waals surface area contributed by atoms with Crippen LogP contribution in [0.2, 0.25) is 0 Å². The number of nitrogens with two attached hydrogens (primary N) is 1. The molecule has 5 heteroatoms. The zero-order chi connectivity index (χ0) is 15.8. The van der Waals surface area contributed by atoms with Crippen molar-refractivity contribution in [3.8, 4) is 11.8 Å². The summed E-state index contributed by atoms with van der Waals surface area (Å²) in [6.07, 6.45) is 3.24. The summed E-state index contributed by atoms with van der Waals surface area (Å²) in [7, 11) is 0. The van der Waals surface area contributed by atoms with Crippen molar-refractivity contribution in [1.29, 1.82) is 0 Å². The SMILES string of the molecule is NC(=O)c1ccc(C#CCNC(=O)/C=C/c2cccs2)cc1. The van der Waals surface area contributed by atoms with Gasteiger partial charge in [-0.1, -0.05) is 17.9 Å². The summed E-state index contributed by atoms with van der Waals surface area (Å²) in [5.41, 5.74) is 6.35. The first-order chi connectivity index (χ1) is 10.6. The van der Waals surface area contributed by atoms with Crippen molar-refractivity contribution in [2.75, 3.05) is 6.54 Å². The lowest BCUT2D eigenvalue weighted by Gasteiger charge is -1.95. The average molecular weight is 310 g/mol. The van der Waals surface area contributed by atoms with Gasteiger partial charge >= 0.3 is 0 Å². The molecule has 0 spiro atoms. The zero-order valence-electron chi connectivity index (χ0n) is 11.7. The van der Waals surface area contributed by atoms with E-state index in [1.807, 2.05) is 17.5 Å². The summed E-state index contributed by atoms with van der Waals surface area (Å²) in [5.74, 6) is 5.09. The fourth-order valence-electron chi connectivity index (χ4n) is 1.60. The van der Waals surface area contributed by atoms with Gasteiger partial charge in [0, 0.05) is 22.1 Å². The first kappa shape index (κ1) is 15.5. The standard InChI is InChI=1S/C17H14N2O2S/c18-17(21)14-7-5-13(6-8-14)3-1-11-19-16(20)10-9-15-4-2-12-22-15/h2,4-10,12H,11H2,(H2,18,21)(H,19,20)/b10-9+. The van der Waals surface area contributed by atoms with Crippen LogP contribution in [0.25, 0.3) is 6.08 Å². The fraction of sp³-hybridized carbons (Fsp3) is 0.0588. The van der Waals surface area contributed by atoms with Gasteiger partial charge in [-0.15, -0.1) is 11.3 Å². The predicted octanol–water partition coefficient (Wildman–Crippen LogP) is 2.03. The van der Waals surface area contributed by atoms with Crippen LogP contribution >= 0.6 is 11.3 Å². The number of carbonyl (C=O) groups excluding carboxylic acids is 2. The van der Waals surface area contributed by atoms with Crippen LogP contribution in [0.3, 0.4) is 0 Å². The predicted molar refractivity (Wildman–Crippen MR) is 88.2 cm³/mol. The van der Waals surface area contributed by atoms with Gasteiger partial charge in [0.15, 0.2) is 0 Å². The van der Waals surface area contributed by atoms with E-state index >= 15 is 0 Å². The Morgan fingerprint density at radius 2 is 2.00 bits per heavy atom. The molecule has 0 aliphatic carbocycles. The van der Waals surface area contributed by atoms with Crippen molar-refractivity contribution in [3.63, 3.8) is 0 Å². The van der Waals surface area contributed by atoms with E-state index < -0.39 is 5.91 Å². The molecular weight excluding hydrogens is 296 g/mol. The number of primary amides is 1. The van der Waals surface area contributed by atoms with Crippen LogP contribution in [-0.2, 0) is 4.79 Å². The Labute approximate surface area is 132 Å². The van der Waals surface area contributed by atoms with Gasteiger partial charge < -0.3 is 11.1 Å². The van der Waals surface area contributed by atoms with Gasteiger partial charge in [0.1, 0.15) is 0 Å². The van der Waals surface area contributed by atoms with Gasteiger partial charge in [-0.25, -0.2) is 0 Å². The van der Waals surface area contributed by atoms with Crippen LogP contribution in [0.4, 0.5) is 0 Å².